The average Bonchev–Trinajstić information content (AvgIpc) is 2.66. The number of primary amides is 1. The van der Waals surface area contributed by atoms with E-state index in [9.17, 15) is 14.4 Å². The maximum Gasteiger partial charge on any atom is 0.268 e. The molecule has 0 radical (unpaired) electrons. The molecule has 0 fully saturated rings. The number of carbonyl (C=O) groups excluding carboxylic acids is 3. The zero-order chi connectivity index (χ0) is 19.4. The van der Waals surface area contributed by atoms with E-state index >= 15 is 0 Å². The van der Waals surface area contributed by atoms with E-state index in [1.54, 1.807) is 36.4 Å². The second-order valence-corrected chi connectivity index (χ2v) is 6.31. The summed E-state index contributed by atoms with van der Waals surface area (Å²) in [5.74, 6) is -1.38. The molecule has 0 bridgehead atoms. The number of nitrogens with zero attached hydrogens (tertiary/aromatic N) is 2. The third-order valence-electron chi connectivity index (χ3n) is 4.23. The maximum atomic E-state index is 12.6. The Morgan fingerprint density at radius 1 is 1.11 bits per heavy atom. The maximum absolute atomic E-state index is 12.6. The predicted octanol–water partition coefficient (Wildman–Crippen LogP) is 1.82. The Hall–Kier alpha value is -3.48. The van der Waals surface area contributed by atoms with Gasteiger partial charge in [-0.15, -0.1) is 0 Å². The van der Waals surface area contributed by atoms with Crippen LogP contribution in [0.25, 0.3) is 0 Å². The molecule has 0 saturated heterocycles. The fourth-order valence-corrected chi connectivity index (χ4v) is 2.86. The van der Waals surface area contributed by atoms with Gasteiger partial charge in [0.2, 0.25) is 11.8 Å². The van der Waals surface area contributed by atoms with Crippen molar-refractivity contribution in [3.8, 4) is 0 Å². The first kappa shape index (κ1) is 18.3. The first-order chi connectivity index (χ1) is 13.0. The lowest BCUT2D eigenvalue weighted by atomic mass is 10.1. The number of hydrazone groups is 1. The van der Waals surface area contributed by atoms with Crippen LogP contribution in [-0.2, 0) is 14.4 Å². The smallest absolute Gasteiger partial charge is 0.268 e. The third-order valence-corrected chi connectivity index (χ3v) is 4.23. The van der Waals surface area contributed by atoms with Gasteiger partial charge >= 0.3 is 0 Å². The van der Waals surface area contributed by atoms with Gasteiger partial charge in [-0.25, -0.2) is 5.01 Å². The first-order valence-electron chi connectivity index (χ1n) is 8.58. The quantitative estimate of drug-likeness (QED) is 0.845. The molecule has 0 spiro atoms. The van der Waals surface area contributed by atoms with Crippen LogP contribution in [0.2, 0.25) is 0 Å². The lowest BCUT2D eigenvalue weighted by Gasteiger charge is -2.24. The van der Waals surface area contributed by atoms with Gasteiger partial charge in [-0.1, -0.05) is 42.5 Å². The minimum atomic E-state index is -0.966. The highest BCUT2D eigenvalue weighted by Gasteiger charge is 2.28. The van der Waals surface area contributed by atoms with Gasteiger partial charge in [-0.2, -0.15) is 5.10 Å². The molecule has 1 aliphatic rings. The van der Waals surface area contributed by atoms with Crippen LogP contribution in [0, 0.1) is 6.92 Å². The largest absolute Gasteiger partial charge is 0.368 e. The highest BCUT2D eigenvalue weighted by Crippen LogP contribution is 2.21. The van der Waals surface area contributed by atoms with Crippen molar-refractivity contribution in [1.29, 1.82) is 0 Å². The van der Waals surface area contributed by atoms with Crippen LogP contribution >= 0.6 is 0 Å². The summed E-state index contributed by atoms with van der Waals surface area (Å²) < 4.78 is 0. The van der Waals surface area contributed by atoms with Crippen LogP contribution in [0.15, 0.2) is 59.7 Å². The molecule has 7 nitrogen and oxygen atoms in total. The monoisotopic (exact) mass is 364 g/mol. The molecule has 2 aromatic rings. The Kier molecular flexibility index (Phi) is 5.30. The van der Waals surface area contributed by atoms with Gasteiger partial charge in [-0.3, -0.25) is 14.4 Å². The number of anilines is 1. The molecule has 3 N–H and O–H groups in total. The molecule has 0 aromatic heterocycles. The lowest BCUT2D eigenvalue weighted by molar-refractivity contribution is -0.124. The standard InChI is InChI=1S/C20H20N4O3/c1-13-6-5-9-15(12-13)24-17(25)11-10-16(23-24)20(27)22-18(19(21)26)14-7-3-2-4-8-14/h2-9,12,18H,10-11H2,1H3,(H2,21,26)(H,22,27). The molecule has 138 valence electrons. The summed E-state index contributed by atoms with van der Waals surface area (Å²) in [4.78, 5) is 36.7. The van der Waals surface area contributed by atoms with Gasteiger partial charge in [0.15, 0.2) is 0 Å². The minimum Gasteiger partial charge on any atom is -0.368 e. The number of aryl methyl sites for hydroxylation is 1. The van der Waals surface area contributed by atoms with Crippen LogP contribution < -0.4 is 16.1 Å². The van der Waals surface area contributed by atoms with E-state index < -0.39 is 17.9 Å². The Morgan fingerprint density at radius 2 is 1.85 bits per heavy atom. The second-order valence-electron chi connectivity index (χ2n) is 6.31. The lowest BCUT2D eigenvalue weighted by Crippen LogP contribution is -2.43. The summed E-state index contributed by atoms with van der Waals surface area (Å²) in [6.45, 7) is 1.91. The van der Waals surface area contributed by atoms with Crippen molar-refractivity contribution >= 4 is 29.1 Å². The van der Waals surface area contributed by atoms with Crippen LogP contribution in [0.4, 0.5) is 5.69 Å². The molecule has 2 aromatic carbocycles. The molecule has 1 aliphatic heterocycles. The Bertz CT molecular complexity index is 908. The van der Waals surface area contributed by atoms with E-state index in [2.05, 4.69) is 10.4 Å². The first-order valence-corrected chi connectivity index (χ1v) is 8.58. The number of amides is 3. The van der Waals surface area contributed by atoms with E-state index in [0.717, 1.165) is 5.56 Å². The third kappa shape index (κ3) is 4.20. The number of benzene rings is 2. The summed E-state index contributed by atoms with van der Waals surface area (Å²) in [6, 6.07) is 15.1. The number of hydrogen-bond donors (Lipinski definition) is 2. The molecular formula is C20H20N4O3. The van der Waals surface area contributed by atoms with E-state index in [1.807, 2.05) is 25.1 Å². The van der Waals surface area contributed by atoms with Gasteiger partial charge in [-0.05, 0) is 30.2 Å². The van der Waals surface area contributed by atoms with Crippen LogP contribution in [0.5, 0.6) is 0 Å². The van der Waals surface area contributed by atoms with Crippen molar-refractivity contribution in [3.05, 3.63) is 65.7 Å². The van der Waals surface area contributed by atoms with Gasteiger partial charge < -0.3 is 11.1 Å². The molecule has 27 heavy (non-hydrogen) atoms. The Balaban J connectivity index is 1.84. The van der Waals surface area contributed by atoms with Crippen LogP contribution in [-0.4, -0.2) is 23.4 Å². The zero-order valence-electron chi connectivity index (χ0n) is 14.9. The molecule has 0 aliphatic carbocycles. The number of nitrogens with one attached hydrogen (secondary N) is 1. The Labute approximate surface area is 156 Å². The molecule has 0 saturated carbocycles. The zero-order valence-corrected chi connectivity index (χ0v) is 14.9. The van der Waals surface area contributed by atoms with Crippen molar-refractivity contribution in [1.82, 2.24) is 5.32 Å². The van der Waals surface area contributed by atoms with Crippen molar-refractivity contribution in [2.24, 2.45) is 10.8 Å². The fourth-order valence-electron chi connectivity index (χ4n) is 2.86. The molecule has 3 rings (SSSR count). The summed E-state index contributed by atoms with van der Waals surface area (Å²) in [7, 11) is 0. The minimum absolute atomic E-state index is 0.159. The van der Waals surface area contributed by atoms with Gasteiger partial charge in [0, 0.05) is 12.8 Å². The normalized spacial score (nSPS) is 15.1. The number of carbonyl (C=O) groups is 3. The number of hydrogen-bond acceptors (Lipinski definition) is 4. The van der Waals surface area contributed by atoms with Gasteiger partial charge in [0.1, 0.15) is 11.8 Å². The fraction of sp³-hybridized carbons (Fsp3) is 0.200. The van der Waals surface area contributed by atoms with E-state index in [-0.39, 0.29) is 24.5 Å². The highest BCUT2D eigenvalue weighted by atomic mass is 16.2. The number of nitrogens with two attached hydrogens (primary N) is 1. The highest BCUT2D eigenvalue weighted by molar-refractivity contribution is 6.40. The summed E-state index contributed by atoms with van der Waals surface area (Å²) in [5.41, 5.74) is 7.78. The van der Waals surface area contributed by atoms with Gasteiger partial charge in [0.25, 0.3) is 5.91 Å². The number of rotatable bonds is 5. The molecule has 3 amide bonds. The van der Waals surface area contributed by atoms with Crippen molar-refractivity contribution in [3.63, 3.8) is 0 Å². The van der Waals surface area contributed by atoms with Crippen molar-refractivity contribution < 1.29 is 14.4 Å². The second kappa shape index (κ2) is 7.82. The summed E-state index contributed by atoms with van der Waals surface area (Å²) in [5, 5.41) is 8.06. The molecule has 7 heteroatoms. The SMILES string of the molecule is Cc1cccc(N2N=C(C(=O)NC(C(N)=O)c3ccccc3)CCC2=O)c1. The van der Waals surface area contributed by atoms with Gasteiger partial charge in [0.05, 0.1) is 5.69 Å². The Morgan fingerprint density at radius 3 is 2.52 bits per heavy atom. The summed E-state index contributed by atoms with van der Waals surface area (Å²) in [6.07, 6.45) is 0.361. The summed E-state index contributed by atoms with van der Waals surface area (Å²) >= 11 is 0. The van der Waals surface area contributed by atoms with Crippen LogP contribution in [0.3, 0.4) is 0 Å². The molecule has 1 unspecified atom stereocenters. The average molecular weight is 364 g/mol. The molecule has 1 heterocycles. The van der Waals surface area contributed by atoms with Crippen LogP contribution in [0.1, 0.15) is 30.0 Å². The molecular weight excluding hydrogens is 344 g/mol. The van der Waals surface area contributed by atoms with Crippen molar-refractivity contribution in [2.75, 3.05) is 5.01 Å². The van der Waals surface area contributed by atoms with E-state index in [1.165, 1.54) is 5.01 Å². The van der Waals surface area contributed by atoms with E-state index in [4.69, 9.17) is 5.73 Å². The molecule has 1 atom stereocenters. The topological polar surface area (TPSA) is 105 Å². The van der Waals surface area contributed by atoms with Crippen molar-refractivity contribution in [2.45, 2.75) is 25.8 Å². The predicted molar refractivity (Wildman–Crippen MR) is 102 cm³/mol. The van der Waals surface area contributed by atoms with E-state index in [0.29, 0.717) is 11.3 Å².